The first-order valence-corrected chi connectivity index (χ1v) is 6.08. The molecule has 0 atom stereocenters. The van der Waals surface area contributed by atoms with E-state index in [1.807, 2.05) is 54.6 Å². The van der Waals surface area contributed by atoms with Crippen LogP contribution in [0.5, 0.6) is 0 Å². The quantitative estimate of drug-likeness (QED) is 0.831. The van der Waals surface area contributed by atoms with Gasteiger partial charge in [-0.25, -0.2) is 4.79 Å². The standard InChI is InChI=1S/C14H13BN2O2/c1-19-15-12-9-5-6-10-13(12)16-14(18)17(15)11-7-3-2-4-8-11/h2-10H,1H3,(H,16,18). The predicted octanol–water partition coefficient (Wildman–Crippen LogP) is 2.08. The van der Waals surface area contributed by atoms with E-state index in [0.29, 0.717) is 0 Å². The molecule has 5 heteroatoms. The lowest BCUT2D eigenvalue weighted by Gasteiger charge is -2.33. The summed E-state index contributed by atoms with van der Waals surface area (Å²) in [5, 5.41) is 2.88. The van der Waals surface area contributed by atoms with Gasteiger partial charge in [0.15, 0.2) is 0 Å². The van der Waals surface area contributed by atoms with Crippen LogP contribution in [0.1, 0.15) is 0 Å². The number of nitrogens with one attached hydrogen (secondary N) is 1. The predicted molar refractivity (Wildman–Crippen MR) is 76.8 cm³/mol. The molecule has 2 aromatic rings. The smallest absolute Gasteiger partial charge is 0.415 e. The highest BCUT2D eigenvalue weighted by Gasteiger charge is 2.38. The zero-order valence-corrected chi connectivity index (χ0v) is 10.5. The number of amides is 2. The highest BCUT2D eigenvalue weighted by molar-refractivity contribution is 6.77. The molecule has 0 radical (unpaired) electrons. The van der Waals surface area contributed by atoms with Crippen molar-refractivity contribution in [3.63, 3.8) is 0 Å². The van der Waals surface area contributed by atoms with Crippen LogP contribution in [0.25, 0.3) is 0 Å². The molecule has 0 aliphatic carbocycles. The summed E-state index contributed by atoms with van der Waals surface area (Å²) in [5.74, 6) is 0. The van der Waals surface area contributed by atoms with Crippen molar-refractivity contribution in [2.75, 3.05) is 17.2 Å². The maximum absolute atomic E-state index is 12.3. The zero-order valence-electron chi connectivity index (χ0n) is 10.5. The van der Waals surface area contributed by atoms with Gasteiger partial charge in [-0.3, -0.25) is 0 Å². The molecular weight excluding hydrogens is 239 g/mol. The Kier molecular flexibility index (Phi) is 2.97. The number of hydrogen-bond donors (Lipinski definition) is 1. The molecule has 19 heavy (non-hydrogen) atoms. The van der Waals surface area contributed by atoms with Crippen molar-refractivity contribution >= 4 is 29.9 Å². The largest absolute Gasteiger partial charge is 0.462 e. The molecule has 1 N–H and O–H groups in total. The zero-order chi connectivity index (χ0) is 13.2. The average Bonchev–Trinajstić information content (AvgIpc) is 2.46. The molecule has 1 aliphatic heterocycles. The highest BCUT2D eigenvalue weighted by atomic mass is 16.4. The van der Waals surface area contributed by atoms with Crippen LogP contribution < -0.4 is 15.6 Å². The Balaban J connectivity index is 2.09. The van der Waals surface area contributed by atoms with E-state index in [1.54, 1.807) is 11.9 Å². The van der Waals surface area contributed by atoms with Gasteiger partial charge in [0.2, 0.25) is 0 Å². The highest BCUT2D eigenvalue weighted by Crippen LogP contribution is 2.22. The number of hydrogen-bond acceptors (Lipinski definition) is 2. The van der Waals surface area contributed by atoms with Crippen LogP contribution in [0.2, 0.25) is 0 Å². The van der Waals surface area contributed by atoms with E-state index in [1.165, 1.54) is 0 Å². The molecule has 1 aliphatic rings. The van der Waals surface area contributed by atoms with Crippen molar-refractivity contribution in [3.05, 3.63) is 54.6 Å². The third-order valence-electron chi connectivity index (χ3n) is 3.18. The number of carbonyl (C=O) groups is 1. The van der Waals surface area contributed by atoms with Crippen LogP contribution >= 0.6 is 0 Å². The molecule has 0 saturated heterocycles. The summed E-state index contributed by atoms with van der Waals surface area (Å²) >= 11 is 0. The van der Waals surface area contributed by atoms with E-state index >= 15 is 0 Å². The lowest BCUT2D eigenvalue weighted by atomic mass is 9.68. The van der Waals surface area contributed by atoms with Gasteiger partial charge >= 0.3 is 13.1 Å². The number of urea groups is 1. The topological polar surface area (TPSA) is 41.6 Å². The first-order chi connectivity index (χ1) is 9.31. The van der Waals surface area contributed by atoms with Crippen molar-refractivity contribution in [2.24, 2.45) is 0 Å². The molecule has 94 valence electrons. The van der Waals surface area contributed by atoms with Gasteiger partial charge in [0, 0.05) is 18.5 Å². The Bertz CT molecular complexity index is 603. The minimum absolute atomic E-state index is 0.184. The molecule has 3 rings (SSSR count). The molecule has 0 unspecified atom stereocenters. The second-order valence-electron chi connectivity index (χ2n) is 4.31. The SMILES string of the molecule is COB1c2ccccc2NC(=O)N1c1ccccc1. The molecule has 0 aromatic heterocycles. The van der Waals surface area contributed by atoms with Crippen LogP contribution in [0.15, 0.2) is 54.6 Å². The molecular formula is C14H13BN2O2. The van der Waals surface area contributed by atoms with Crippen LogP contribution in [0.4, 0.5) is 16.2 Å². The van der Waals surface area contributed by atoms with Gasteiger partial charge in [0.05, 0.1) is 0 Å². The summed E-state index contributed by atoms with van der Waals surface area (Å²) in [6.45, 7) is 0. The van der Waals surface area contributed by atoms with Crippen molar-refractivity contribution in [3.8, 4) is 0 Å². The van der Waals surface area contributed by atoms with E-state index < -0.39 is 7.05 Å². The lowest BCUT2D eigenvalue weighted by molar-refractivity contribution is 0.258. The summed E-state index contributed by atoms with van der Waals surface area (Å²) in [5.41, 5.74) is 2.56. The Morgan fingerprint density at radius 3 is 2.47 bits per heavy atom. The third kappa shape index (κ3) is 1.98. The molecule has 0 bridgehead atoms. The number of benzene rings is 2. The molecule has 4 nitrogen and oxygen atoms in total. The summed E-state index contributed by atoms with van der Waals surface area (Å²) in [6, 6.07) is 17.0. The Hall–Kier alpha value is -2.27. The van der Waals surface area contributed by atoms with Crippen LogP contribution in [0.3, 0.4) is 0 Å². The van der Waals surface area contributed by atoms with E-state index in [0.717, 1.165) is 16.8 Å². The fourth-order valence-electron chi connectivity index (χ4n) is 2.32. The Morgan fingerprint density at radius 1 is 1.05 bits per heavy atom. The average molecular weight is 252 g/mol. The fourth-order valence-corrected chi connectivity index (χ4v) is 2.32. The molecule has 0 spiro atoms. The van der Waals surface area contributed by atoms with Crippen molar-refractivity contribution in [1.29, 1.82) is 0 Å². The van der Waals surface area contributed by atoms with Crippen LogP contribution in [-0.4, -0.2) is 20.2 Å². The van der Waals surface area contributed by atoms with Gasteiger partial charge in [-0.05, 0) is 23.7 Å². The van der Waals surface area contributed by atoms with Gasteiger partial charge in [0.25, 0.3) is 0 Å². The van der Waals surface area contributed by atoms with Crippen molar-refractivity contribution < 1.29 is 9.45 Å². The minimum Gasteiger partial charge on any atom is -0.415 e. The maximum atomic E-state index is 12.3. The summed E-state index contributed by atoms with van der Waals surface area (Å²) in [4.78, 5) is 13.9. The number of para-hydroxylation sites is 2. The minimum atomic E-state index is -0.410. The maximum Gasteiger partial charge on any atom is 0.462 e. The van der Waals surface area contributed by atoms with E-state index in [9.17, 15) is 4.79 Å². The van der Waals surface area contributed by atoms with E-state index in [2.05, 4.69) is 5.32 Å². The number of nitrogens with zero attached hydrogens (tertiary/aromatic N) is 1. The van der Waals surface area contributed by atoms with Crippen molar-refractivity contribution in [1.82, 2.24) is 0 Å². The van der Waals surface area contributed by atoms with Gasteiger partial charge in [-0.1, -0.05) is 36.4 Å². The number of rotatable bonds is 2. The summed E-state index contributed by atoms with van der Waals surface area (Å²) in [7, 11) is 1.20. The number of carbonyl (C=O) groups excluding carboxylic acids is 1. The van der Waals surface area contributed by atoms with Gasteiger partial charge < -0.3 is 14.8 Å². The monoisotopic (exact) mass is 252 g/mol. The molecule has 0 saturated carbocycles. The molecule has 2 amide bonds. The summed E-state index contributed by atoms with van der Waals surface area (Å²) < 4.78 is 5.52. The van der Waals surface area contributed by atoms with Crippen LogP contribution in [-0.2, 0) is 4.65 Å². The number of anilines is 2. The lowest BCUT2D eigenvalue weighted by Crippen LogP contribution is -2.59. The Morgan fingerprint density at radius 2 is 1.74 bits per heavy atom. The Labute approximate surface area is 112 Å². The van der Waals surface area contributed by atoms with E-state index in [-0.39, 0.29) is 6.03 Å². The number of fused-ring (bicyclic) bond motifs is 1. The van der Waals surface area contributed by atoms with Gasteiger partial charge in [-0.15, -0.1) is 0 Å². The second kappa shape index (κ2) is 4.78. The van der Waals surface area contributed by atoms with Crippen LogP contribution in [0, 0.1) is 0 Å². The molecule has 1 heterocycles. The second-order valence-corrected chi connectivity index (χ2v) is 4.31. The first-order valence-electron chi connectivity index (χ1n) is 6.08. The fraction of sp³-hybridized carbons (Fsp3) is 0.0714. The van der Waals surface area contributed by atoms with Gasteiger partial charge in [0.1, 0.15) is 0 Å². The first kappa shape index (κ1) is 11.8. The third-order valence-corrected chi connectivity index (χ3v) is 3.18. The summed E-state index contributed by atoms with van der Waals surface area (Å²) in [6.07, 6.45) is 0. The van der Waals surface area contributed by atoms with E-state index in [4.69, 9.17) is 4.65 Å². The van der Waals surface area contributed by atoms with Crippen molar-refractivity contribution in [2.45, 2.75) is 0 Å². The normalized spacial score (nSPS) is 14.1. The van der Waals surface area contributed by atoms with Gasteiger partial charge in [-0.2, -0.15) is 0 Å². The molecule has 0 fully saturated rings. The molecule has 2 aromatic carbocycles.